The van der Waals surface area contributed by atoms with Crippen LogP contribution in [0.3, 0.4) is 0 Å². The largest absolute Gasteiger partial charge is 0.452 e. The molecule has 1 saturated carbocycles. The lowest BCUT2D eigenvalue weighted by molar-refractivity contribution is -0.125. The van der Waals surface area contributed by atoms with Crippen LogP contribution >= 0.6 is 0 Å². The van der Waals surface area contributed by atoms with E-state index in [1.807, 2.05) is 6.07 Å². The van der Waals surface area contributed by atoms with Gasteiger partial charge in [0, 0.05) is 17.2 Å². The van der Waals surface area contributed by atoms with Gasteiger partial charge in [-0.1, -0.05) is 62.2 Å². The van der Waals surface area contributed by atoms with E-state index < -0.39 is 5.97 Å². The number of hydrogen-bond donors (Lipinski definition) is 1. The van der Waals surface area contributed by atoms with Gasteiger partial charge >= 0.3 is 5.97 Å². The molecular formula is C23H25NO4. The lowest BCUT2D eigenvalue weighted by Crippen LogP contribution is -2.42. The molecule has 0 bridgehead atoms. The normalized spacial score (nSPS) is 18.9. The SMILES string of the molecule is CC1CCCCC1NC(=O)COC(=O)c1ccc(C(=O)c2ccccc2)cc1. The van der Waals surface area contributed by atoms with Crippen molar-refractivity contribution in [1.82, 2.24) is 5.32 Å². The van der Waals surface area contributed by atoms with E-state index in [4.69, 9.17) is 4.74 Å². The molecular weight excluding hydrogens is 354 g/mol. The van der Waals surface area contributed by atoms with Crippen molar-refractivity contribution < 1.29 is 19.1 Å². The van der Waals surface area contributed by atoms with Crippen LogP contribution in [0.15, 0.2) is 54.6 Å². The number of carbonyl (C=O) groups excluding carboxylic acids is 3. The Bertz CT molecular complexity index is 829. The summed E-state index contributed by atoms with van der Waals surface area (Å²) in [5.41, 5.74) is 1.39. The molecule has 3 rings (SSSR count). The van der Waals surface area contributed by atoms with Crippen LogP contribution in [0.5, 0.6) is 0 Å². The van der Waals surface area contributed by atoms with Crippen molar-refractivity contribution >= 4 is 17.7 Å². The Morgan fingerprint density at radius 1 is 0.893 bits per heavy atom. The van der Waals surface area contributed by atoms with Crippen LogP contribution in [0.1, 0.15) is 58.9 Å². The van der Waals surface area contributed by atoms with Gasteiger partial charge in [0.15, 0.2) is 12.4 Å². The topological polar surface area (TPSA) is 72.5 Å². The minimum Gasteiger partial charge on any atom is -0.452 e. The maximum absolute atomic E-state index is 12.4. The summed E-state index contributed by atoms with van der Waals surface area (Å²) in [6, 6.07) is 15.4. The molecule has 0 aliphatic heterocycles. The average molecular weight is 379 g/mol. The summed E-state index contributed by atoms with van der Waals surface area (Å²) in [5.74, 6) is -0.516. The maximum atomic E-state index is 12.4. The van der Waals surface area contributed by atoms with Gasteiger partial charge in [0.25, 0.3) is 5.91 Å². The molecule has 1 amide bonds. The molecule has 2 atom stereocenters. The first-order valence-electron chi connectivity index (χ1n) is 9.71. The molecule has 1 aliphatic carbocycles. The number of esters is 1. The molecule has 0 spiro atoms. The molecule has 0 saturated heterocycles. The van der Waals surface area contributed by atoms with Crippen molar-refractivity contribution in [1.29, 1.82) is 0 Å². The predicted octanol–water partition coefficient (Wildman–Crippen LogP) is 3.77. The number of carbonyl (C=O) groups is 3. The molecule has 2 aromatic carbocycles. The van der Waals surface area contributed by atoms with E-state index in [0.717, 1.165) is 19.3 Å². The molecule has 1 aliphatic rings. The van der Waals surface area contributed by atoms with Crippen molar-refractivity contribution in [2.24, 2.45) is 5.92 Å². The van der Waals surface area contributed by atoms with Crippen LogP contribution in [0.4, 0.5) is 0 Å². The standard InChI is InChI=1S/C23H25NO4/c1-16-7-5-6-10-20(16)24-21(25)15-28-23(27)19-13-11-18(12-14-19)22(26)17-8-3-2-4-9-17/h2-4,8-9,11-14,16,20H,5-7,10,15H2,1H3,(H,24,25). The third-order valence-corrected chi connectivity index (χ3v) is 5.21. The first-order chi connectivity index (χ1) is 13.5. The van der Waals surface area contributed by atoms with E-state index in [2.05, 4.69) is 12.2 Å². The third kappa shape index (κ3) is 5.06. The Balaban J connectivity index is 1.52. The minimum atomic E-state index is -0.578. The number of amides is 1. The second-order valence-corrected chi connectivity index (χ2v) is 7.28. The van der Waals surface area contributed by atoms with Crippen LogP contribution in [0, 0.1) is 5.92 Å². The number of benzene rings is 2. The Hall–Kier alpha value is -2.95. The van der Waals surface area contributed by atoms with Gasteiger partial charge < -0.3 is 10.1 Å². The van der Waals surface area contributed by atoms with Crippen molar-refractivity contribution in [2.45, 2.75) is 38.6 Å². The minimum absolute atomic E-state index is 0.110. The van der Waals surface area contributed by atoms with Gasteiger partial charge in [-0.25, -0.2) is 4.79 Å². The van der Waals surface area contributed by atoms with Gasteiger partial charge in [-0.2, -0.15) is 0 Å². The van der Waals surface area contributed by atoms with Gasteiger partial charge in [-0.3, -0.25) is 9.59 Å². The highest BCUT2D eigenvalue weighted by atomic mass is 16.5. The molecule has 5 heteroatoms. The van der Waals surface area contributed by atoms with Gasteiger partial charge in [0.05, 0.1) is 5.56 Å². The molecule has 0 radical (unpaired) electrons. The monoisotopic (exact) mass is 379 g/mol. The number of nitrogens with one attached hydrogen (secondary N) is 1. The van der Waals surface area contributed by atoms with Crippen molar-refractivity contribution in [3.05, 3.63) is 71.3 Å². The van der Waals surface area contributed by atoms with E-state index in [-0.39, 0.29) is 24.3 Å². The molecule has 2 unspecified atom stereocenters. The van der Waals surface area contributed by atoms with E-state index in [1.165, 1.54) is 6.42 Å². The molecule has 1 fully saturated rings. The molecule has 0 aromatic heterocycles. The Morgan fingerprint density at radius 2 is 1.50 bits per heavy atom. The highest BCUT2D eigenvalue weighted by Gasteiger charge is 2.23. The van der Waals surface area contributed by atoms with Gasteiger partial charge in [-0.05, 0) is 30.9 Å². The van der Waals surface area contributed by atoms with Gasteiger partial charge in [-0.15, -0.1) is 0 Å². The summed E-state index contributed by atoms with van der Waals surface area (Å²) >= 11 is 0. The van der Waals surface area contributed by atoms with Crippen molar-refractivity contribution in [2.75, 3.05) is 6.61 Å². The fourth-order valence-electron chi connectivity index (χ4n) is 3.51. The number of rotatable bonds is 6. The molecule has 2 aromatic rings. The van der Waals surface area contributed by atoms with Crippen LogP contribution in [-0.2, 0) is 9.53 Å². The first kappa shape index (κ1) is 19.8. The van der Waals surface area contributed by atoms with E-state index in [9.17, 15) is 14.4 Å². The predicted molar refractivity (Wildman–Crippen MR) is 106 cm³/mol. The number of ketones is 1. The second kappa shape index (κ2) is 9.31. The van der Waals surface area contributed by atoms with Gasteiger partial charge in [0.1, 0.15) is 0 Å². The van der Waals surface area contributed by atoms with Crippen LogP contribution in [0.25, 0.3) is 0 Å². The van der Waals surface area contributed by atoms with Crippen LogP contribution in [0.2, 0.25) is 0 Å². The van der Waals surface area contributed by atoms with Crippen molar-refractivity contribution in [3.8, 4) is 0 Å². The highest BCUT2D eigenvalue weighted by molar-refractivity contribution is 6.09. The zero-order valence-corrected chi connectivity index (χ0v) is 16.0. The fourth-order valence-corrected chi connectivity index (χ4v) is 3.51. The maximum Gasteiger partial charge on any atom is 0.338 e. The quantitative estimate of drug-likeness (QED) is 0.613. The summed E-state index contributed by atoms with van der Waals surface area (Å²) in [7, 11) is 0. The average Bonchev–Trinajstić information content (AvgIpc) is 2.74. The van der Waals surface area contributed by atoms with E-state index >= 15 is 0 Å². The summed E-state index contributed by atoms with van der Waals surface area (Å²) in [4.78, 5) is 36.6. The Morgan fingerprint density at radius 3 is 2.18 bits per heavy atom. The molecule has 0 heterocycles. The summed E-state index contributed by atoms with van der Waals surface area (Å²) in [6.07, 6.45) is 4.39. The lowest BCUT2D eigenvalue weighted by atomic mass is 9.86. The second-order valence-electron chi connectivity index (χ2n) is 7.28. The highest BCUT2D eigenvalue weighted by Crippen LogP contribution is 2.23. The van der Waals surface area contributed by atoms with Crippen molar-refractivity contribution in [3.63, 3.8) is 0 Å². The first-order valence-corrected chi connectivity index (χ1v) is 9.71. The third-order valence-electron chi connectivity index (χ3n) is 5.21. The fraction of sp³-hybridized carbons (Fsp3) is 0.348. The van der Waals surface area contributed by atoms with Crippen LogP contribution in [-0.4, -0.2) is 30.3 Å². The zero-order valence-electron chi connectivity index (χ0n) is 16.0. The molecule has 28 heavy (non-hydrogen) atoms. The molecule has 5 nitrogen and oxygen atoms in total. The van der Waals surface area contributed by atoms with Gasteiger partial charge in [0.2, 0.25) is 0 Å². The number of hydrogen-bond acceptors (Lipinski definition) is 4. The summed E-state index contributed by atoms with van der Waals surface area (Å²) < 4.78 is 5.12. The summed E-state index contributed by atoms with van der Waals surface area (Å²) in [5, 5.41) is 2.96. The van der Waals surface area contributed by atoms with E-state index in [0.29, 0.717) is 22.6 Å². The smallest absolute Gasteiger partial charge is 0.338 e. The Labute approximate surface area is 165 Å². The Kier molecular flexibility index (Phi) is 6.58. The van der Waals surface area contributed by atoms with E-state index in [1.54, 1.807) is 48.5 Å². The molecule has 1 N–H and O–H groups in total. The number of ether oxygens (including phenoxy) is 1. The lowest BCUT2D eigenvalue weighted by Gasteiger charge is -2.29. The molecule has 146 valence electrons. The zero-order chi connectivity index (χ0) is 19.9. The summed E-state index contributed by atoms with van der Waals surface area (Å²) in [6.45, 7) is 1.83. The van der Waals surface area contributed by atoms with Crippen LogP contribution < -0.4 is 5.32 Å².